The Bertz CT molecular complexity index is 896. The zero-order valence-electron chi connectivity index (χ0n) is 14.5. The van der Waals surface area contributed by atoms with E-state index in [0.29, 0.717) is 17.5 Å². The quantitative estimate of drug-likeness (QED) is 0.535. The summed E-state index contributed by atoms with van der Waals surface area (Å²) in [5.74, 6) is 1.30. The molecule has 0 aliphatic heterocycles. The number of nitrogens with zero attached hydrogens (tertiary/aromatic N) is 3. The molecule has 3 aromatic rings. The molecule has 0 aliphatic carbocycles. The van der Waals surface area contributed by atoms with Gasteiger partial charge in [-0.3, -0.25) is 4.79 Å². The second-order valence-corrected chi connectivity index (χ2v) is 7.84. The van der Waals surface area contributed by atoms with Gasteiger partial charge < -0.3 is 9.42 Å². The van der Waals surface area contributed by atoms with Gasteiger partial charge in [-0.2, -0.15) is 4.98 Å². The first-order chi connectivity index (χ1) is 12.5. The molecule has 5 nitrogen and oxygen atoms in total. The van der Waals surface area contributed by atoms with Crippen LogP contribution in [0, 0.1) is 6.92 Å². The van der Waals surface area contributed by atoms with Crippen LogP contribution >= 0.6 is 27.7 Å². The first kappa shape index (κ1) is 18.7. The Morgan fingerprint density at radius 1 is 1.23 bits per heavy atom. The van der Waals surface area contributed by atoms with Gasteiger partial charge in [0.2, 0.25) is 17.6 Å². The SMILES string of the molecule is Cc1ccc(SCC(=O)N(C)Cc2nc(-c3cccc(Br)c3)no2)cc1. The molecule has 26 heavy (non-hydrogen) atoms. The van der Waals surface area contributed by atoms with Crippen molar-refractivity contribution in [1.29, 1.82) is 0 Å². The van der Waals surface area contributed by atoms with Gasteiger partial charge in [0.1, 0.15) is 0 Å². The van der Waals surface area contributed by atoms with Gasteiger partial charge in [-0.25, -0.2) is 0 Å². The van der Waals surface area contributed by atoms with Crippen molar-refractivity contribution >= 4 is 33.6 Å². The van der Waals surface area contributed by atoms with Crippen LogP contribution in [-0.2, 0) is 11.3 Å². The molecule has 0 radical (unpaired) electrons. The monoisotopic (exact) mass is 431 g/mol. The van der Waals surface area contributed by atoms with Crippen LogP contribution in [0.2, 0.25) is 0 Å². The lowest BCUT2D eigenvalue weighted by Crippen LogP contribution is -2.27. The van der Waals surface area contributed by atoms with Gasteiger partial charge in [0.05, 0.1) is 12.3 Å². The maximum atomic E-state index is 12.3. The van der Waals surface area contributed by atoms with Gasteiger partial charge in [-0.15, -0.1) is 11.8 Å². The number of rotatable bonds is 6. The number of carbonyl (C=O) groups is 1. The summed E-state index contributed by atoms with van der Waals surface area (Å²) in [5, 5.41) is 3.99. The molecule has 0 aliphatic rings. The third kappa shape index (κ3) is 4.95. The summed E-state index contributed by atoms with van der Waals surface area (Å²) in [4.78, 5) is 19.4. The summed E-state index contributed by atoms with van der Waals surface area (Å²) in [6.07, 6.45) is 0. The summed E-state index contributed by atoms with van der Waals surface area (Å²) < 4.78 is 6.22. The highest BCUT2D eigenvalue weighted by molar-refractivity contribution is 9.10. The molecule has 0 fully saturated rings. The van der Waals surface area contributed by atoms with E-state index in [2.05, 4.69) is 26.1 Å². The largest absolute Gasteiger partial charge is 0.337 e. The number of aromatic nitrogens is 2. The average Bonchev–Trinajstić information content (AvgIpc) is 3.09. The van der Waals surface area contributed by atoms with E-state index in [1.807, 2.05) is 55.5 Å². The first-order valence-corrected chi connectivity index (χ1v) is 9.81. The number of carbonyl (C=O) groups excluding carboxylic acids is 1. The van der Waals surface area contributed by atoms with E-state index in [4.69, 9.17) is 4.52 Å². The third-order valence-electron chi connectivity index (χ3n) is 3.73. The molecule has 3 rings (SSSR count). The maximum Gasteiger partial charge on any atom is 0.246 e. The smallest absolute Gasteiger partial charge is 0.246 e. The molecule has 2 aromatic carbocycles. The van der Waals surface area contributed by atoms with Crippen molar-refractivity contribution in [1.82, 2.24) is 15.0 Å². The minimum atomic E-state index is 0.0118. The predicted octanol–water partition coefficient (Wildman–Crippen LogP) is 4.56. The van der Waals surface area contributed by atoms with Crippen LogP contribution in [0.3, 0.4) is 0 Å². The molecular weight excluding hydrogens is 414 g/mol. The lowest BCUT2D eigenvalue weighted by molar-refractivity contribution is -0.127. The molecule has 1 heterocycles. The first-order valence-electron chi connectivity index (χ1n) is 8.03. The molecular formula is C19H18BrN3O2S. The Morgan fingerprint density at radius 2 is 2.00 bits per heavy atom. The highest BCUT2D eigenvalue weighted by Crippen LogP contribution is 2.21. The minimum Gasteiger partial charge on any atom is -0.337 e. The van der Waals surface area contributed by atoms with E-state index in [0.717, 1.165) is 14.9 Å². The van der Waals surface area contributed by atoms with Gasteiger partial charge in [-0.05, 0) is 31.2 Å². The van der Waals surface area contributed by atoms with E-state index in [1.54, 1.807) is 11.9 Å². The van der Waals surface area contributed by atoms with Crippen molar-refractivity contribution < 1.29 is 9.32 Å². The zero-order chi connectivity index (χ0) is 18.5. The van der Waals surface area contributed by atoms with Crippen molar-refractivity contribution in [3.05, 3.63) is 64.5 Å². The summed E-state index contributed by atoms with van der Waals surface area (Å²) in [5.41, 5.74) is 2.06. The molecule has 134 valence electrons. The van der Waals surface area contributed by atoms with Crippen LogP contribution in [0.15, 0.2) is 62.4 Å². The average molecular weight is 432 g/mol. The minimum absolute atomic E-state index is 0.0118. The molecule has 1 aromatic heterocycles. The molecule has 0 spiro atoms. The number of halogens is 1. The van der Waals surface area contributed by atoms with E-state index in [9.17, 15) is 4.79 Å². The third-order valence-corrected chi connectivity index (χ3v) is 5.22. The number of thioether (sulfide) groups is 1. The van der Waals surface area contributed by atoms with Crippen LogP contribution in [0.1, 0.15) is 11.5 Å². The lowest BCUT2D eigenvalue weighted by Gasteiger charge is -2.14. The Hall–Kier alpha value is -2.12. The van der Waals surface area contributed by atoms with Gasteiger partial charge in [-0.1, -0.05) is 50.9 Å². The van der Waals surface area contributed by atoms with Crippen molar-refractivity contribution in [2.75, 3.05) is 12.8 Å². The van der Waals surface area contributed by atoms with Crippen molar-refractivity contribution in [2.45, 2.75) is 18.4 Å². The van der Waals surface area contributed by atoms with E-state index in [1.165, 1.54) is 17.3 Å². The second kappa shape index (κ2) is 8.51. The lowest BCUT2D eigenvalue weighted by atomic mass is 10.2. The van der Waals surface area contributed by atoms with Crippen LogP contribution in [0.4, 0.5) is 0 Å². The summed E-state index contributed by atoms with van der Waals surface area (Å²) >= 11 is 4.94. The molecule has 0 bridgehead atoms. The molecule has 0 atom stereocenters. The number of aryl methyl sites for hydroxylation is 1. The van der Waals surface area contributed by atoms with Gasteiger partial charge in [0.25, 0.3) is 0 Å². The topological polar surface area (TPSA) is 59.2 Å². The number of benzene rings is 2. The van der Waals surface area contributed by atoms with E-state index in [-0.39, 0.29) is 12.5 Å². The Balaban J connectivity index is 1.56. The van der Waals surface area contributed by atoms with Crippen molar-refractivity contribution in [2.24, 2.45) is 0 Å². The molecule has 0 saturated carbocycles. The Morgan fingerprint density at radius 3 is 2.73 bits per heavy atom. The zero-order valence-corrected chi connectivity index (χ0v) is 16.9. The van der Waals surface area contributed by atoms with Crippen molar-refractivity contribution in [3.8, 4) is 11.4 Å². The van der Waals surface area contributed by atoms with Gasteiger partial charge in [0, 0.05) is 22.0 Å². The van der Waals surface area contributed by atoms with Crippen molar-refractivity contribution in [3.63, 3.8) is 0 Å². The highest BCUT2D eigenvalue weighted by Gasteiger charge is 2.15. The molecule has 0 saturated heterocycles. The van der Waals surface area contributed by atoms with Crippen LogP contribution in [0.5, 0.6) is 0 Å². The Labute approximate surface area is 164 Å². The number of amides is 1. The predicted molar refractivity (Wildman–Crippen MR) is 106 cm³/mol. The fourth-order valence-corrected chi connectivity index (χ4v) is 3.48. The number of hydrogen-bond donors (Lipinski definition) is 0. The van der Waals surface area contributed by atoms with Crippen LogP contribution < -0.4 is 0 Å². The maximum absolute atomic E-state index is 12.3. The Kier molecular flexibility index (Phi) is 6.11. The normalized spacial score (nSPS) is 10.7. The van der Waals surface area contributed by atoms with Gasteiger partial charge >= 0.3 is 0 Å². The summed E-state index contributed by atoms with van der Waals surface area (Å²) in [7, 11) is 1.74. The van der Waals surface area contributed by atoms with Gasteiger partial charge in [0.15, 0.2) is 0 Å². The molecule has 0 unspecified atom stereocenters. The van der Waals surface area contributed by atoms with Crippen LogP contribution in [-0.4, -0.2) is 33.7 Å². The molecule has 0 N–H and O–H groups in total. The second-order valence-electron chi connectivity index (χ2n) is 5.87. The van der Waals surface area contributed by atoms with E-state index < -0.39 is 0 Å². The number of hydrogen-bond acceptors (Lipinski definition) is 5. The fraction of sp³-hybridized carbons (Fsp3) is 0.211. The highest BCUT2D eigenvalue weighted by atomic mass is 79.9. The molecule has 1 amide bonds. The summed E-state index contributed by atoms with van der Waals surface area (Å²) in [6.45, 7) is 2.33. The molecule has 7 heteroatoms. The standard InChI is InChI=1S/C19H18BrN3O2S/c1-13-6-8-16(9-7-13)26-12-18(24)23(2)11-17-21-19(22-25-17)14-4-3-5-15(20)10-14/h3-10H,11-12H2,1-2H3. The fourth-order valence-electron chi connectivity index (χ4n) is 2.24. The van der Waals surface area contributed by atoms with Crippen LogP contribution in [0.25, 0.3) is 11.4 Å². The van der Waals surface area contributed by atoms with E-state index >= 15 is 0 Å². The summed E-state index contributed by atoms with van der Waals surface area (Å²) in [6, 6.07) is 15.8.